The van der Waals surface area contributed by atoms with E-state index in [0.717, 1.165) is 25.9 Å². The maximum absolute atomic E-state index is 12.3. The molecule has 20 heavy (non-hydrogen) atoms. The summed E-state index contributed by atoms with van der Waals surface area (Å²) in [7, 11) is 0. The molecule has 2 saturated carbocycles. The standard InChI is InChI=1S/C14H19ClN2O2S/c1-2-19-10-7-9(14(10)5-3-4-6-14)17-13(18)11-12(15)16-8-20-11/h8-10H,2-7H2,1H3,(H,17,18). The lowest BCUT2D eigenvalue weighted by Gasteiger charge is -2.54. The quantitative estimate of drug-likeness (QED) is 0.928. The largest absolute Gasteiger partial charge is 0.378 e. The van der Waals surface area contributed by atoms with Gasteiger partial charge in [0.15, 0.2) is 5.15 Å². The summed E-state index contributed by atoms with van der Waals surface area (Å²) in [4.78, 5) is 16.7. The SMILES string of the molecule is CCOC1CC(NC(=O)c2scnc2Cl)C12CCCC2. The number of thiazole rings is 1. The Bertz CT molecular complexity index is 499. The van der Waals surface area contributed by atoms with Crippen molar-refractivity contribution in [3.63, 3.8) is 0 Å². The zero-order valence-corrected chi connectivity index (χ0v) is 13.1. The maximum Gasteiger partial charge on any atom is 0.264 e. The number of aromatic nitrogens is 1. The number of nitrogens with one attached hydrogen (secondary N) is 1. The first-order chi connectivity index (χ1) is 9.67. The van der Waals surface area contributed by atoms with E-state index in [1.165, 1.54) is 24.2 Å². The molecular formula is C14H19ClN2O2S. The molecule has 6 heteroatoms. The van der Waals surface area contributed by atoms with Crippen LogP contribution in [0.25, 0.3) is 0 Å². The second kappa shape index (κ2) is 5.62. The van der Waals surface area contributed by atoms with Crippen LogP contribution in [0.5, 0.6) is 0 Å². The highest BCUT2D eigenvalue weighted by Gasteiger charge is 2.57. The number of carbonyl (C=O) groups is 1. The molecule has 1 heterocycles. The Morgan fingerprint density at radius 3 is 2.95 bits per heavy atom. The number of amides is 1. The van der Waals surface area contributed by atoms with Crippen LogP contribution in [-0.4, -0.2) is 29.6 Å². The van der Waals surface area contributed by atoms with Gasteiger partial charge in [0.05, 0.1) is 11.6 Å². The number of rotatable bonds is 4. The average Bonchev–Trinajstić information content (AvgIpc) is 3.07. The van der Waals surface area contributed by atoms with Crippen LogP contribution in [0.4, 0.5) is 0 Å². The van der Waals surface area contributed by atoms with Gasteiger partial charge in [0.25, 0.3) is 5.91 Å². The summed E-state index contributed by atoms with van der Waals surface area (Å²) in [6.07, 6.45) is 5.99. The van der Waals surface area contributed by atoms with Crippen LogP contribution < -0.4 is 5.32 Å². The van der Waals surface area contributed by atoms with E-state index in [1.807, 2.05) is 6.92 Å². The molecule has 3 rings (SSSR count). The molecule has 2 aliphatic rings. The molecule has 0 saturated heterocycles. The van der Waals surface area contributed by atoms with Crippen LogP contribution >= 0.6 is 22.9 Å². The van der Waals surface area contributed by atoms with Crippen molar-refractivity contribution in [2.24, 2.45) is 5.41 Å². The van der Waals surface area contributed by atoms with Crippen LogP contribution in [0.15, 0.2) is 5.51 Å². The van der Waals surface area contributed by atoms with E-state index in [0.29, 0.717) is 16.1 Å². The zero-order valence-electron chi connectivity index (χ0n) is 11.5. The Kier molecular flexibility index (Phi) is 4.02. The van der Waals surface area contributed by atoms with Crippen molar-refractivity contribution < 1.29 is 9.53 Å². The molecule has 4 nitrogen and oxygen atoms in total. The monoisotopic (exact) mass is 314 g/mol. The van der Waals surface area contributed by atoms with E-state index < -0.39 is 0 Å². The van der Waals surface area contributed by atoms with Crippen molar-refractivity contribution >= 4 is 28.8 Å². The minimum Gasteiger partial charge on any atom is -0.378 e. The zero-order chi connectivity index (χ0) is 14.2. The smallest absolute Gasteiger partial charge is 0.264 e. The average molecular weight is 315 g/mol. The number of carbonyl (C=O) groups excluding carboxylic acids is 1. The molecule has 1 aromatic heterocycles. The maximum atomic E-state index is 12.3. The van der Waals surface area contributed by atoms with Gasteiger partial charge in [-0.05, 0) is 26.2 Å². The summed E-state index contributed by atoms with van der Waals surface area (Å²) < 4.78 is 5.85. The summed E-state index contributed by atoms with van der Waals surface area (Å²) in [6.45, 7) is 2.78. The van der Waals surface area contributed by atoms with Crippen molar-refractivity contribution in [3.8, 4) is 0 Å². The van der Waals surface area contributed by atoms with Gasteiger partial charge in [-0.1, -0.05) is 24.4 Å². The highest BCUT2D eigenvalue weighted by atomic mass is 35.5. The second-order valence-corrected chi connectivity index (χ2v) is 6.83. The van der Waals surface area contributed by atoms with Crippen LogP contribution in [0.2, 0.25) is 5.15 Å². The number of nitrogens with zero attached hydrogens (tertiary/aromatic N) is 1. The summed E-state index contributed by atoms with van der Waals surface area (Å²) in [6, 6.07) is 0.215. The molecule has 1 spiro atoms. The van der Waals surface area contributed by atoms with Crippen molar-refractivity contribution in [2.45, 2.75) is 51.2 Å². The Balaban J connectivity index is 1.69. The third-order valence-electron chi connectivity index (χ3n) is 4.72. The predicted molar refractivity (Wildman–Crippen MR) is 79.3 cm³/mol. The fraction of sp³-hybridized carbons (Fsp3) is 0.714. The number of ether oxygens (including phenoxy) is 1. The fourth-order valence-corrected chi connectivity index (χ4v) is 4.60. The number of hydrogen-bond acceptors (Lipinski definition) is 4. The minimum absolute atomic E-state index is 0.0938. The van der Waals surface area contributed by atoms with Gasteiger partial charge in [-0.15, -0.1) is 11.3 Å². The Morgan fingerprint density at radius 1 is 1.60 bits per heavy atom. The predicted octanol–water partition coefficient (Wildman–Crippen LogP) is 3.26. The molecule has 0 aromatic carbocycles. The Morgan fingerprint density at radius 2 is 2.35 bits per heavy atom. The molecule has 1 N–H and O–H groups in total. The van der Waals surface area contributed by atoms with Crippen molar-refractivity contribution in [1.29, 1.82) is 0 Å². The highest BCUT2D eigenvalue weighted by Crippen LogP contribution is 2.54. The molecule has 2 atom stereocenters. The number of hydrogen-bond donors (Lipinski definition) is 1. The lowest BCUT2D eigenvalue weighted by Crippen LogP contribution is -2.63. The van der Waals surface area contributed by atoms with E-state index in [1.54, 1.807) is 5.51 Å². The van der Waals surface area contributed by atoms with E-state index in [-0.39, 0.29) is 17.4 Å². The second-order valence-electron chi connectivity index (χ2n) is 5.62. The van der Waals surface area contributed by atoms with E-state index >= 15 is 0 Å². The summed E-state index contributed by atoms with van der Waals surface area (Å²) in [5.41, 5.74) is 1.76. The van der Waals surface area contributed by atoms with Crippen molar-refractivity contribution in [3.05, 3.63) is 15.5 Å². The van der Waals surface area contributed by atoms with Gasteiger partial charge in [-0.25, -0.2) is 4.98 Å². The van der Waals surface area contributed by atoms with E-state index in [9.17, 15) is 4.79 Å². The van der Waals surface area contributed by atoms with Gasteiger partial charge in [-0.2, -0.15) is 0 Å². The van der Waals surface area contributed by atoms with Crippen LogP contribution in [0.3, 0.4) is 0 Å². The molecule has 2 unspecified atom stereocenters. The minimum atomic E-state index is -0.0938. The third-order valence-corrected chi connectivity index (χ3v) is 5.95. The van der Waals surface area contributed by atoms with Gasteiger partial charge >= 0.3 is 0 Å². The van der Waals surface area contributed by atoms with Crippen LogP contribution in [-0.2, 0) is 4.74 Å². The van der Waals surface area contributed by atoms with E-state index in [2.05, 4.69) is 10.3 Å². The van der Waals surface area contributed by atoms with Gasteiger partial charge in [0, 0.05) is 18.1 Å². The normalized spacial score (nSPS) is 27.5. The Labute approximate surface area is 127 Å². The van der Waals surface area contributed by atoms with Crippen LogP contribution in [0.1, 0.15) is 48.7 Å². The molecule has 110 valence electrons. The lowest BCUT2D eigenvalue weighted by molar-refractivity contribution is -0.127. The molecule has 1 amide bonds. The lowest BCUT2D eigenvalue weighted by atomic mass is 9.60. The molecule has 0 bridgehead atoms. The molecular weight excluding hydrogens is 296 g/mol. The molecule has 2 fully saturated rings. The third kappa shape index (κ3) is 2.26. The number of halogens is 1. The summed E-state index contributed by atoms with van der Waals surface area (Å²) >= 11 is 7.21. The van der Waals surface area contributed by atoms with Crippen molar-refractivity contribution in [1.82, 2.24) is 10.3 Å². The van der Waals surface area contributed by atoms with Gasteiger partial charge in [-0.3, -0.25) is 4.79 Å². The molecule has 0 aliphatic heterocycles. The van der Waals surface area contributed by atoms with Crippen molar-refractivity contribution in [2.75, 3.05) is 6.61 Å². The molecule has 1 aromatic rings. The van der Waals surface area contributed by atoms with Gasteiger partial charge in [0.1, 0.15) is 4.88 Å². The fourth-order valence-electron chi connectivity index (χ4n) is 3.69. The Hall–Kier alpha value is -0.650. The summed E-state index contributed by atoms with van der Waals surface area (Å²) in [5.74, 6) is -0.0938. The first-order valence-corrected chi connectivity index (χ1v) is 8.44. The first-order valence-electron chi connectivity index (χ1n) is 7.19. The summed E-state index contributed by atoms with van der Waals surface area (Å²) in [5, 5.41) is 3.45. The topological polar surface area (TPSA) is 51.2 Å². The molecule has 2 aliphatic carbocycles. The van der Waals surface area contributed by atoms with E-state index in [4.69, 9.17) is 16.3 Å². The first kappa shape index (κ1) is 14.3. The van der Waals surface area contributed by atoms with Gasteiger partial charge in [0.2, 0.25) is 0 Å². The molecule has 0 radical (unpaired) electrons. The van der Waals surface area contributed by atoms with Crippen LogP contribution in [0, 0.1) is 5.41 Å². The van der Waals surface area contributed by atoms with Gasteiger partial charge < -0.3 is 10.1 Å². The highest BCUT2D eigenvalue weighted by molar-refractivity contribution is 7.12.